The van der Waals surface area contributed by atoms with E-state index in [9.17, 15) is 4.79 Å². The van der Waals surface area contributed by atoms with Gasteiger partial charge in [0.25, 0.3) is 0 Å². The summed E-state index contributed by atoms with van der Waals surface area (Å²) in [4.78, 5) is 27.5. The molecule has 1 unspecified atom stereocenters. The summed E-state index contributed by atoms with van der Waals surface area (Å²) in [5, 5.41) is 7.19. The van der Waals surface area contributed by atoms with Crippen molar-refractivity contribution in [1.29, 1.82) is 0 Å². The smallest absolute Gasteiger partial charge is 0.248 e. The van der Waals surface area contributed by atoms with Crippen LogP contribution in [0.3, 0.4) is 0 Å². The van der Waals surface area contributed by atoms with Crippen LogP contribution in [0.15, 0.2) is 55.1 Å². The van der Waals surface area contributed by atoms with Gasteiger partial charge in [-0.1, -0.05) is 30.3 Å². The van der Waals surface area contributed by atoms with Crippen molar-refractivity contribution in [3.63, 3.8) is 0 Å². The fraction of sp³-hybridized carbons (Fsp3) is 0.316. The number of anilines is 2. The molecule has 1 fully saturated rings. The first-order valence-corrected chi connectivity index (χ1v) is 9.04. The second-order valence-electron chi connectivity index (χ2n) is 6.57. The van der Waals surface area contributed by atoms with Crippen LogP contribution in [0.1, 0.15) is 18.4 Å². The molecule has 1 aromatic carbocycles. The van der Waals surface area contributed by atoms with E-state index in [2.05, 4.69) is 30.3 Å². The molecule has 3 aromatic rings. The minimum absolute atomic E-state index is 0.0620. The molecule has 4 rings (SSSR count). The Labute approximate surface area is 157 Å². The van der Waals surface area contributed by atoms with E-state index >= 15 is 0 Å². The highest BCUT2D eigenvalue weighted by Gasteiger charge is 2.27. The average Bonchev–Trinajstić information content (AvgIpc) is 3.16. The Morgan fingerprint density at radius 3 is 2.74 bits per heavy atom. The Bertz CT molecular complexity index is 881. The number of carbonyl (C=O) groups excluding carboxylic acids is 1. The van der Waals surface area contributed by atoms with Crippen molar-refractivity contribution in [3.8, 4) is 0 Å². The van der Waals surface area contributed by atoms with Crippen LogP contribution >= 0.6 is 0 Å². The molecule has 1 amide bonds. The van der Waals surface area contributed by atoms with Crippen LogP contribution in [0.25, 0.3) is 0 Å². The Balaban J connectivity index is 1.36. The standard InChI is InChI=1S/C19H21N7O/c27-17(16-8-4-11-25(13-16)19-20-9-5-10-21-19)23-18-22-14-26(24-18)12-15-6-2-1-3-7-15/h1-3,5-7,9-10,14,16H,4,8,11-13H2,(H,23,24,27). The van der Waals surface area contributed by atoms with Crippen LogP contribution in [0, 0.1) is 5.92 Å². The summed E-state index contributed by atoms with van der Waals surface area (Å²) in [7, 11) is 0. The number of rotatable bonds is 5. The van der Waals surface area contributed by atoms with Crippen LogP contribution in [0.5, 0.6) is 0 Å². The van der Waals surface area contributed by atoms with Crippen molar-refractivity contribution in [2.45, 2.75) is 19.4 Å². The number of hydrogen-bond acceptors (Lipinski definition) is 6. The highest BCUT2D eigenvalue weighted by molar-refractivity contribution is 5.91. The zero-order chi connectivity index (χ0) is 18.5. The quantitative estimate of drug-likeness (QED) is 0.746. The van der Waals surface area contributed by atoms with Gasteiger partial charge in [-0.05, 0) is 24.5 Å². The maximum atomic E-state index is 12.6. The molecule has 0 bridgehead atoms. The predicted molar refractivity (Wildman–Crippen MR) is 101 cm³/mol. The summed E-state index contributed by atoms with van der Waals surface area (Å²) in [5.74, 6) is 0.806. The van der Waals surface area contributed by atoms with E-state index in [4.69, 9.17) is 0 Å². The summed E-state index contributed by atoms with van der Waals surface area (Å²) in [5.41, 5.74) is 1.13. The molecule has 138 valence electrons. The second kappa shape index (κ2) is 7.94. The third-order valence-electron chi connectivity index (χ3n) is 4.59. The molecular formula is C19H21N7O. The van der Waals surface area contributed by atoms with Crippen molar-refractivity contribution in [2.75, 3.05) is 23.3 Å². The van der Waals surface area contributed by atoms with Gasteiger partial charge in [-0.2, -0.15) is 0 Å². The molecule has 3 heterocycles. The van der Waals surface area contributed by atoms with Crippen molar-refractivity contribution >= 4 is 17.8 Å². The lowest BCUT2D eigenvalue weighted by atomic mass is 9.97. The lowest BCUT2D eigenvalue weighted by Gasteiger charge is -2.31. The lowest BCUT2D eigenvalue weighted by Crippen LogP contribution is -2.41. The SMILES string of the molecule is O=C(Nc1ncn(Cc2ccccc2)n1)C1CCCN(c2ncccn2)C1. The highest BCUT2D eigenvalue weighted by Crippen LogP contribution is 2.21. The van der Waals surface area contributed by atoms with Crippen LogP contribution in [-0.2, 0) is 11.3 Å². The third-order valence-corrected chi connectivity index (χ3v) is 4.59. The van der Waals surface area contributed by atoms with Crippen molar-refractivity contribution in [1.82, 2.24) is 24.7 Å². The molecule has 8 nitrogen and oxygen atoms in total. The zero-order valence-electron chi connectivity index (χ0n) is 14.9. The number of aromatic nitrogens is 5. The number of benzene rings is 1. The molecule has 0 saturated carbocycles. The number of carbonyl (C=O) groups is 1. The molecular weight excluding hydrogens is 342 g/mol. The highest BCUT2D eigenvalue weighted by atomic mass is 16.2. The van der Waals surface area contributed by atoms with E-state index in [1.807, 2.05) is 30.3 Å². The van der Waals surface area contributed by atoms with E-state index < -0.39 is 0 Å². The molecule has 1 aliphatic rings. The van der Waals surface area contributed by atoms with Crippen LogP contribution in [-0.4, -0.2) is 43.7 Å². The van der Waals surface area contributed by atoms with Gasteiger partial charge in [-0.25, -0.2) is 19.6 Å². The van der Waals surface area contributed by atoms with Crippen LogP contribution in [0.2, 0.25) is 0 Å². The van der Waals surface area contributed by atoms with Crippen molar-refractivity contribution in [2.24, 2.45) is 5.92 Å². The van der Waals surface area contributed by atoms with Gasteiger partial charge in [-0.15, -0.1) is 5.10 Å². The van der Waals surface area contributed by atoms with Crippen LogP contribution < -0.4 is 10.2 Å². The van der Waals surface area contributed by atoms with Gasteiger partial charge in [0.05, 0.1) is 12.5 Å². The zero-order valence-corrected chi connectivity index (χ0v) is 14.9. The molecule has 1 atom stereocenters. The molecule has 0 spiro atoms. The van der Waals surface area contributed by atoms with Gasteiger partial charge >= 0.3 is 0 Å². The minimum Gasteiger partial charge on any atom is -0.340 e. The topological polar surface area (TPSA) is 88.8 Å². The van der Waals surface area contributed by atoms with Crippen LogP contribution in [0.4, 0.5) is 11.9 Å². The summed E-state index contributed by atoms with van der Waals surface area (Å²) >= 11 is 0. The van der Waals surface area contributed by atoms with Gasteiger partial charge in [0.15, 0.2) is 0 Å². The largest absolute Gasteiger partial charge is 0.340 e. The first-order chi connectivity index (χ1) is 13.3. The van der Waals surface area contributed by atoms with Crippen molar-refractivity contribution in [3.05, 3.63) is 60.7 Å². The van der Waals surface area contributed by atoms with E-state index in [0.717, 1.165) is 24.9 Å². The summed E-state index contributed by atoms with van der Waals surface area (Å²) in [6, 6.07) is 11.8. The maximum absolute atomic E-state index is 12.6. The molecule has 27 heavy (non-hydrogen) atoms. The van der Waals surface area contributed by atoms with Gasteiger partial charge in [0.1, 0.15) is 6.33 Å². The number of nitrogens with one attached hydrogen (secondary N) is 1. The van der Waals surface area contributed by atoms with E-state index in [-0.39, 0.29) is 11.8 Å². The van der Waals surface area contributed by atoms with Gasteiger partial charge in [0.2, 0.25) is 17.8 Å². The number of amides is 1. The Morgan fingerprint density at radius 2 is 1.93 bits per heavy atom. The van der Waals surface area contributed by atoms with Gasteiger partial charge in [-0.3, -0.25) is 10.1 Å². The number of hydrogen-bond donors (Lipinski definition) is 1. The fourth-order valence-corrected chi connectivity index (χ4v) is 3.24. The molecule has 8 heteroatoms. The number of piperidine rings is 1. The molecule has 1 aliphatic heterocycles. The first-order valence-electron chi connectivity index (χ1n) is 9.04. The predicted octanol–water partition coefficient (Wildman–Crippen LogP) is 1.97. The monoisotopic (exact) mass is 363 g/mol. The number of nitrogens with zero attached hydrogens (tertiary/aromatic N) is 6. The summed E-state index contributed by atoms with van der Waals surface area (Å²) < 4.78 is 1.72. The summed E-state index contributed by atoms with van der Waals surface area (Å²) in [6.45, 7) is 2.07. The molecule has 0 aliphatic carbocycles. The fourth-order valence-electron chi connectivity index (χ4n) is 3.24. The van der Waals surface area contributed by atoms with E-state index in [1.165, 1.54) is 0 Å². The maximum Gasteiger partial charge on any atom is 0.248 e. The second-order valence-corrected chi connectivity index (χ2v) is 6.57. The Morgan fingerprint density at radius 1 is 1.11 bits per heavy atom. The third kappa shape index (κ3) is 4.28. The molecule has 2 aromatic heterocycles. The normalized spacial score (nSPS) is 16.9. The lowest BCUT2D eigenvalue weighted by molar-refractivity contribution is -0.120. The molecule has 0 radical (unpaired) electrons. The van der Waals surface area contributed by atoms with Gasteiger partial charge < -0.3 is 4.90 Å². The average molecular weight is 363 g/mol. The Kier molecular flexibility index (Phi) is 5.04. The minimum atomic E-state index is -0.136. The molecule has 1 N–H and O–H groups in total. The molecule has 1 saturated heterocycles. The van der Waals surface area contributed by atoms with E-state index in [1.54, 1.807) is 29.5 Å². The summed E-state index contributed by atoms with van der Waals surface area (Å²) in [6.07, 6.45) is 6.82. The van der Waals surface area contributed by atoms with Gasteiger partial charge in [0, 0.05) is 25.5 Å². The van der Waals surface area contributed by atoms with Crippen molar-refractivity contribution < 1.29 is 4.79 Å². The van der Waals surface area contributed by atoms with E-state index in [0.29, 0.717) is 25.0 Å². The first kappa shape index (κ1) is 17.1. The Hall–Kier alpha value is -3.29.